The first kappa shape index (κ1) is 19.0. The Morgan fingerprint density at radius 3 is 1.90 bits per heavy atom. The van der Waals surface area contributed by atoms with Crippen LogP contribution in [-0.2, 0) is 20.0 Å². The summed E-state index contributed by atoms with van der Waals surface area (Å²) in [6, 6.07) is 2.51. The largest absolute Gasteiger partial charge is 0.243 e. The van der Waals surface area contributed by atoms with Crippen molar-refractivity contribution in [3.05, 3.63) is 27.2 Å². The molecular weight excluding hydrogens is 383 g/mol. The summed E-state index contributed by atoms with van der Waals surface area (Å²) in [7, 11) is -7.35. The van der Waals surface area contributed by atoms with Crippen LogP contribution in [0, 0.1) is 0 Å². The van der Waals surface area contributed by atoms with Crippen LogP contribution in [0.1, 0.15) is 6.92 Å². The lowest BCUT2D eigenvalue weighted by Crippen LogP contribution is -2.35. The minimum absolute atomic E-state index is 0.0851. The van der Waals surface area contributed by atoms with Gasteiger partial charge in [0.2, 0.25) is 20.0 Å². The Balaban J connectivity index is 2.80. The smallest absolute Gasteiger partial charge is 0.214 e. The average Bonchev–Trinajstić information content (AvgIpc) is 2.33. The van der Waals surface area contributed by atoms with Crippen LogP contribution in [0.4, 0.5) is 0 Å². The van der Waals surface area contributed by atoms with E-state index in [0.717, 1.165) is 0 Å². The van der Waals surface area contributed by atoms with Gasteiger partial charge < -0.3 is 0 Å². The molecule has 120 valence electrons. The van der Waals surface area contributed by atoms with Crippen molar-refractivity contribution in [2.45, 2.75) is 11.8 Å². The monoisotopic (exact) mass is 394 g/mol. The summed E-state index contributed by atoms with van der Waals surface area (Å²) in [6.45, 7) is 1.24. The molecule has 0 amide bonds. The van der Waals surface area contributed by atoms with E-state index in [-0.39, 0.29) is 38.8 Å². The molecule has 11 heteroatoms. The third kappa shape index (κ3) is 5.55. The lowest BCUT2D eigenvalue weighted by atomic mass is 10.4. The highest BCUT2D eigenvalue weighted by Gasteiger charge is 2.22. The van der Waals surface area contributed by atoms with Crippen molar-refractivity contribution in [2.24, 2.45) is 0 Å². The zero-order chi connectivity index (χ0) is 16.3. The molecule has 0 saturated heterocycles. The molecule has 0 aliphatic heterocycles. The Kier molecular flexibility index (Phi) is 6.73. The van der Waals surface area contributed by atoms with Crippen molar-refractivity contribution in [3.8, 4) is 0 Å². The van der Waals surface area contributed by atoms with Gasteiger partial charge in [-0.3, -0.25) is 0 Å². The van der Waals surface area contributed by atoms with Crippen LogP contribution in [0.5, 0.6) is 0 Å². The molecule has 0 spiro atoms. The average molecular weight is 396 g/mol. The minimum Gasteiger partial charge on any atom is -0.214 e. The number of sulfonamides is 2. The van der Waals surface area contributed by atoms with Crippen molar-refractivity contribution < 1.29 is 16.8 Å². The van der Waals surface area contributed by atoms with Gasteiger partial charge in [0.05, 0.1) is 15.8 Å². The molecule has 0 unspecified atom stereocenters. The van der Waals surface area contributed by atoms with E-state index in [2.05, 4.69) is 9.44 Å². The maximum atomic E-state index is 12.1. The zero-order valence-electron chi connectivity index (χ0n) is 10.9. The number of nitrogens with one attached hydrogen (secondary N) is 2. The van der Waals surface area contributed by atoms with E-state index in [0.29, 0.717) is 0 Å². The predicted molar refractivity (Wildman–Crippen MR) is 84.1 cm³/mol. The molecular formula is C10H13Cl3N2O4S2. The Morgan fingerprint density at radius 2 is 1.43 bits per heavy atom. The van der Waals surface area contributed by atoms with Gasteiger partial charge in [-0.15, -0.1) is 0 Å². The Bertz CT molecular complexity index is 697. The third-order valence-corrected chi connectivity index (χ3v) is 6.35. The van der Waals surface area contributed by atoms with Crippen LogP contribution in [-0.4, -0.2) is 35.7 Å². The van der Waals surface area contributed by atoms with Gasteiger partial charge in [0.25, 0.3) is 0 Å². The first-order chi connectivity index (χ1) is 9.59. The van der Waals surface area contributed by atoms with Gasteiger partial charge in [-0.2, -0.15) is 0 Å². The summed E-state index contributed by atoms with van der Waals surface area (Å²) >= 11 is 17.4. The van der Waals surface area contributed by atoms with Crippen molar-refractivity contribution >= 4 is 54.8 Å². The molecule has 0 aliphatic rings. The summed E-state index contributed by atoms with van der Waals surface area (Å²) in [5.74, 6) is -0.0887. The van der Waals surface area contributed by atoms with Gasteiger partial charge >= 0.3 is 0 Å². The maximum absolute atomic E-state index is 12.1. The van der Waals surface area contributed by atoms with Gasteiger partial charge in [-0.1, -0.05) is 34.8 Å². The summed E-state index contributed by atoms with van der Waals surface area (Å²) in [5, 5.41) is -0.0251. The molecule has 1 aromatic carbocycles. The van der Waals surface area contributed by atoms with E-state index < -0.39 is 20.0 Å². The lowest BCUT2D eigenvalue weighted by molar-refractivity contribution is 0.571. The van der Waals surface area contributed by atoms with E-state index in [1.807, 2.05) is 0 Å². The highest BCUT2D eigenvalue weighted by Crippen LogP contribution is 2.32. The Morgan fingerprint density at radius 1 is 0.952 bits per heavy atom. The predicted octanol–water partition coefficient (Wildman–Crippen LogP) is 1.86. The van der Waals surface area contributed by atoms with E-state index in [1.165, 1.54) is 19.1 Å². The fraction of sp³-hybridized carbons (Fsp3) is 0.400. The fourth-order valence-corrected chi connectivity index (χ4v) is 4.54. The van der Waals surface area contributed by atoms with Gasteiger partial charge in [-0.05, 0) is 19.1 Å². The third-order valence-electron chi connectivity index (χ3n) is 2.35. The summed E-state index contributed by atoms with van der Waals surface area (Å²) < 4.78 is 51.0. The van der Waals surface area contributed by atoms with Crippen molar-refractivity contribution in [1.82, 2.24) is 9.44 Å². The SMILES string of the molecule is CCS(=O)(=O)NCCNS(=O)(=O)c1c(Cl)cc(Cl)cc1Cl. The molecule has 0 fully saturated rings. The van der Waals surface area contributed by atoms with Crippen LogP contribution in [0.15, 0.2) is 17.0 Å². The molecule has 2 N–H and O–H groups in total. The van der Waals surface area contributed by atoms with Gasteiger partial charge in [0, 0.05) is 18.1 Å². The van der Waals surface area contributed by atoms with Crippen molar-refractivity contribution in [3.63, 3.8) is 0 Å². The van der Waals surface area contributed by atoms with Crippen LogP contribution in [0.25, 0.3) is 0 Å². The number of hydrogen-bond donors (Lipinski definition) is 2. The summed E-state index contributed by atoms with van der Waals surface area (Å²) in [4.78, 5) is -0.298. The van der Waals surface area contributed by atoms with Crippen molar-refractivity contribution in [1.29, 1.82) is 0 Å². The topological polar surface area (TPSA) is 92.3 Å². The quantitative estimate of drug-likeness (QED) is 0.689. The second-order valence-electron chi connectivity index (χ2n) is 3.89. The molecule has 1 aromatic rings. The van der Waals surface area contributed by atoms with Gasteiger partial charge in [0.1, 0.15) is 4.90 Å². The van der Waals surface area contributed by atoms with Gasteiger partial charge in [-0.25, -0.2) is 26.3 Å². The number of halogens is 3. The first-order valence-corrected chi connectivity index (χ1v) is 9.97. The second-order valence-corrected chi connectivity index (χ2v) is 8.94. The lowest BCUT2D eigenvalue weighted by Gasteiger charge is -2.11. The van der Waals surface area contributed by atoms with Crippen LogP contribution in [0.2, 0.25) is 15.1 Å². The molecule has 0 saturated carbocycles. The number of rotatable bonds is 7. The molecule has 6 nitrogen and oxygen atoms in total. The van der Waals surface area contributed by atoms with E-state index >= 15 is 0 Å². The van der Waals surface area contributed by atoms with Crippen LogP contribution < -0.4 is 9.44 Å². The van der Waals surface area contributed by atoms with E-state index in [4.69, 9.17) is 34.8 Å². The van der Waals surface area contributed by atoms with E-state index in [9.17, 15) is 16.8 Å². The van der Waals surface area contributed by atoms with Gasteiger partial charge in [0.15, 0.2) is 0 Å². The normalized spacial score (nSPS) is 12.6. The first-order valence-electron chi connectivity index (χ1n) is 5.70. The Labute approximate surface area is 138 Å². The standard InChI is InChI=1S/C10H13Cl3N2O4S2/c1-2-20(16,17)14-3-4-15-21(18,19)10-8(12)5-7(11)6-9(10)13/h5-6,14-15H,2-4H2,1H3. The van der Waals surface area contributed by atoms with Crippen LogP contribution >= 0.6 is 34.8 Å². The minimum atomic E-state index is -3.97. The molecule has 0 aromatic heterocycles. The van der Waals surface area contributed by atoms with Crippen molar-refractivity contribution in [2.75, 3.05) is 18.8 Å². The van der Waals surface area contributed by atoms with E-state index in [1.54, 1.807) is 0 Å². The molecule has 0 radical (unpaired) electrons. The molecule has 1 rings (SSSR count). The molecule has 0 aliphatic carbocycles. The Hall–Kier alpha value is -0.0900. The molecule has 21 heavy (non-hydrogen) atoms. The molecule has 0 atom stereocenters. The van der Waals surface area contributed by atoms with Crippen LogP contribution in [0.3, 0.4) is 0 Å². The molecule has 0 bridgehead atoms. The highest BCUT2D eigenvalue weighted by molar-refractivity contribution is 7.90. The molecule has 0 heterocycles. The fourth-order valence-electron chi connectivity index (χ4n) is 1.35. The summed E-state index contributed by atoms with van der Waals surface area (Å²) in [5.41, 5.74) is 0. The number of hydrogen-bond acceptors (Lipinski definition) is 4. The zero-order valence-corrected chi connectivity index (χ0v) is 14.8. The highest BCUT2D eigenvalue weighted by atomic mass is 35.5. The number of benzene rings is 1. The summed E-state index contributed by atoms with van der Waals surface area (Å²) in [6.07, 6.45) is 0. The second kappa shape index (κ2) is 7.45. The maximum Gasteiger partial charge on any atom is 0.243 e.